The molecular weight excluding hydrogens is 263 g/mol. The van der Waals surface area contributed by atoms with Gasteiger partial charge in [0.15, 0.2) is 11.6 Å². The minimum Gasteiger partial charge on any atom is -0.494 e. The number of halogens is 1. The van der Waals surface area contributed by atoms with Gasteiger partial charge in [0.1, 0.15) is 0 Å². The van der Waals surface area contributed by atoms with Gasteiger partial charge >= 0.3 is 0 Å². The van der Waals surface area contributed by atoms with Crippen molar-refractivity contribution < 1.29 is 9.13 Å². The number of thiazole rings is 1. The summed E-state index contributed by atoms with van der Waals surface area (Å²) in [6.45, 7) is 0.710. The van der Waals surface area contributed by atoms with E-state index in [1.165, 1.54) is 13.2 Å². The van der Waals surface area contributed by atoms with Crippen LogP contribution in [0.5, 0.6) is 5.75 Å². The fourth-order valence-corrected chi connectivity index (χ4v) is 2.65. The van der Waals surface area contributed by atoms with Gasteiger partial charge in [0.2, 0.25) is 0 Å². The van der Waals surface area contributed by atoms with Crippen molar-refractivity contribution in [3.63, 3.8) is 0 Å². The average Bonchev–Trinajstić information content (AvgIpc) is 2.88. The van der Waals surface area contributed by atoms with Gasteiger partial charge in [-0.25, -0.2) is 9.37 Å². The Morgan fingerprint density at radius 2 is 2.21 bits per heavy atom. The molecule has 2 aromatic rings. The molecule has 1 aromatic heterocycles. The van der Waals surface area contributed by atoms with Crippen molar-refractivity contribution in [3.8, 4) is 17.0 Å². The van der Waals surface area contributed by atoms with Crippen molar-refractivity contribution in [3.05, 3.63) is 34.4 Å². The molecule has 102 valence electrons. The summed E-state index contributed by atoms with van der Waals surface area (Å²) in [7, 11) is 1.45. The lowest BCUT2D eigenvalue weighted by Crippen LogP contribution is -1.98. The summed E-state index contributed by atoms with van der Waals surface area (Å²) in [6, 6.07) is 4.90. The van der Waals surface area contributed by atoms with E-state index in [2.05, 4.69) is 4.98 Å². The van der Waals surface area contributed by atoms with E-state index in [0.29, 0.717) is 6.54 Å². The minimum atomic E-state index is -0.363. The van der Waals surface area contributed by atoms with Crippen LogP contribution in [0.2, 0.25) is 0 Å². The second-order valence-corrected chi connectivity index (χ2v) is 5.16. The van der Waals surface area contributed by atoms with Crippen LogP contribution in [0.3, 0.4) is 0 Å². The molecule has 5 heteroatoms. The third-order valence-corrected chi connectivity index (χ3v) is 3.75. The number of ether oxygens (including phenoxy) is 1. The topological polar surface area (TPSA) is 48.1 Å². The molecule has 1 heterocycles. The molecule has 0 spiro atoms. The first-order valence-corrected chi connectivity index (χ1v) is 7.11. The van der Waals surface area contributed by atoms with Crippen molar-refractivity contribution in [2.45, 2.75) is 19.3 Å². The van der Waals surface area contributed by atoms with Crippen LogP contribution < -0.4 is 10.5 Å². The molecule has 3 nitrogen and oxygen atoms in total. The number of benzene rings is 1. The highest BCUT2D eigenvalue weighted by Gasteiger charge is 2.08. The standard InChI is InChI=1S/C14H17FN2OS/c1-18-13-6-5-10(8-11(13)15)12-9-19-14(17-12)4-2-3-7-16/h5-6,8-9H,2-4,7,16H2,1H3. The van der Waals surface area contributed by atoms with Gasteiger partial charge in [0, 0.05) is 10.9 Å². The van der Waals surface area contributed by atoms with Gasteiger partial charge in [-0.1, -0.05) is 0 Å². The van der Waals surface area contributed by atoms with Gasteiger partial charge in [-0.05, 0) is 44.0 Å². The van der Waals surface area contributed by atoms with E-state index < -0.39 is 0 Å². The van der Waals surface area contributed by atoms with Crippen LogP contribution in [0.1, 0.15) is 17.8 Å². The molecule has 0 aliphatic carbocycles. The second-order valence-electron chi connectivity index (χ2n) is 4.22. The Morgan fingerprint density at radius 3 is 2.89 bits per heavy atom. The fourth-order valence-electron chi connectivity index (χ4n) is 1.80. The molecule has 0 amide bonds. The quantitative estimate of drug-likeness (QED) is 0.826. The molecule has 19 heavy (non-hydrogen) atoms. The molecular formula is C14H17FN2OS. The van der Waals surface area contributed by atoms with Crippen LogP contribution >= 0.6 is 11.3 Å². The summed E-state index contributed by atoms with van der Waals surface area (Å²) < 4.78 is 18.5. The normalized spacial score (nSPS) is 10.7. The maximum Gasteiger partial charge on any atom is 0.165 e. The number of rotatable bonds is 6. The van der Waals surface area contributed by atoms with Crippen molar-refractivity contribution in [2.24, 2.45) is 5.73 Å². The molecule has 0 aliphatic rings. The SMILES string of the molecule is COc1ccc(-c2csc(CCCCN)n2)cc1F. The Hall–Kier alpha value is -1.46. The summed E-state index contributed by atoms with van der Waals surface area (Å²) in [5, 5.41) is 3.03. The second kappa shape index (κ2) is 6.63. The van der Waals surface area contributed by atoms with E-state index in [4.69, 9.17) is 10.5 Å². The summed E-state index contributed by atoms with van der Waals surface area (Å²) >= 11 is 1.61. The summed E-state index contributed by atoms with van der Waals surface area (Å²) in [5.41, 5.74) is 7.05. The highest BCUT2D eigenvalue weighted by molar-refractivity contribution is 7.09. The van der Waals surface area contributed by atoms with Crippen LogP contribution in [0.4, 0.5) is 4.39 Å². The van der Waals surface area contributed by atoms with E-state index in [1.54, 1.807) is 17.4 Å². The van der Waals surface area contributed by atoms with Gasteiger partial charge in [-0.15, -0.1) is 11.3 Å². The van der Waals surface area contributed by atoms with Crippen LogP contribution in [0, 0.1) is 5.82 Å². The van der Waals surface area contributed by atoms with E-state index in [0.717, 1.165) is 35.5 Å². The highest BCUT2D eigenvalue weighted by atomic mass is 32.1. The van der Waals surface area contributed by atoms with Gasteiger partial charge in [-0.2, -0.15) is 0 Å². The van der Waals surface area contributed by atoms with Gasteiger partial charge < -0.3 is 10.5 Å². The zero-order valence-corrected chi connectivity index (χ0v) is 11.7. The van der Waals surface area contributed by atoms with Gasteiger partial charge in [0.25, 0.3) is 0 Å². The lowest BCUT2D eigenvalue weighted by Gasteiger charge is -2.03. The highest BCUT2D eigenvalue weighted by Crippen LogP contribution is 2.27. The third-order valence-electron chi connectivity index (χ3n) is 2.84. The van der Waals surface area contributed by atoms with E-state index >= 15 is 0 Å². The Morgan fingerprint density at radius 1 is 1.37 bits per heavy atom. The first kappa shape index (κ1) is 14.0. The third kappa shape index (κ3) is 3.52. The van der Waals surface area contributed by atoms with Crippen molar-refractivity contribution in [1.29, 1.82) is 0 Å². The Balaban J connectivity index is 2.11. The molecule has 0 saturated carbocycles. The molecule has 0 fully saturated rings. The molecule has 0 aliphatic heterocycles. The largest absolute Gasteiger partial charge is 0.494 e. The number of hydrogen-bond acceptors (Lipinski definition) is 4. The fraction of sp³-hybridized carbons (Fsp3) is 0.357. The Kier molecular flexibility index (Phi) is 4.87. The molecule has 0 atom stereocenters. The lowest BCUT2D eigenvalue weighted by atomic mass is 10.1. The maximum atomic E-state index is 13.6. The molecule has 1 aromatic carbocycles. The smallest absolute Gasteiger partial charge is 0.165 e. The van der Waals surface area contributed by atoms with Crippen LogP contribution in [0.15, 0.2) is 23.6 Å². The number of hydrogen-bond donors (Lipinski definition) is 1. The number of unbranched alkanes of at least 4 members (excludes halogenated alkanes) is 1. The number of nitrogens with two attached hydrogens (primary N) is 1. The molecule has 0 bridgehead atoms. The number of aromatic nitrogens is 1. The summed E-state index contributed by atoms with van der Waals surface area (Å²) in [4.78, 5) is 4.52. The maximum absolute atomic E-state index is 13.6. The first-order chi connectivity index (χ1) is 9.24. The molecule has 0 radical (unpaired) electrons. The number of aryl methyl sites for hydroxylation is 1. The number of nitrogens with zero attached hydrogens (tertiary/aromatic N) is 1. The van der Waals surface area contributed by atoms with Gasteiger partial charge in [-0.3, -0.25) is 0 Å². The Bertz CT molecular complexity index is 542. The zero-order valence-electron chi connectivity index (χ0n) is 10.9. The number of methoxy groups -OCH3 is 1. The van der Waals surface area contributed by atoms with Crippen LogP contribution in [-0.4, -0.2) is 18.6 Å². The Labute approximate surface area is 116 Å². The summed E-state index contributed by atoms with van der Waals surface area (Å²) in [5.74, 6) is -0.111. The van der Waals surface area contributed by atoms with Crippen LogP contribution in [-0.2, 0) is 6.42 Å². The van der Waals surface area contributed by atoms with Gasteiger partial charge in [0.05, 0.1) is 17.8 Å². The van der Waals surface area contributed by atoms with E-state index in [-0.39, 0.29) is 11.6 Å². The van der Waals surface area contributed by atoms with Crippen LogP contribution in [0.25, 0.3) is 11.3 Å². The van der Waals surface area contributed by atoms with E-state index in [9.17, 15) is 4.39 Å². The predicted molar refractivity (Wildman–Crippen MR) is 76.1 cm³/mol. The molecule has 2 rings (SSSR count). The zero-order chi connectivity index (χ0) is 13.7. The predicted octanol–water partition coefficient (Wildman–Crippen LogP) is 3.24. The van der Waals surface area contributed by atoms with E-state index in [1.807, 2.05) is 11.4 Å². The van der Waals surface area contributed by atoms with Crippen molar-refractivity contribution >= 4 is 11.3 Å². The minimum absolute atomic E-state index is 0.252. The van der Waals surface area contributed by atoms with Crippen molar-refractivity contribution in [1.82, 2.24) is 4.98 Å². The first-order valence-electron chi connectivity index (χ1n) is 6.23. The lowest BCUT2D eigenvalue weighted by molar-refractivity contribution is 0.386. The van der Waals surface area contributed by atoms with Crippen molar-refractivity contribution in [2.75, 3.05) is 13.7 Å². The average molecular weight is 280 g/mol. The molecule has 0 saturated heterocycles. The molecule has 0 unspecified atom stereocenters. The monoisotopic (exact) mass is 280 g/mol. The summed E-state index contributed by atoms with van der Waals surface area (Å²) in [6.07, 6.45) is 2.98. The molecule has 2 N–H and O–H groups in total.